The molecule has 1 N–H and O–H groups in total. The Kier molecular flexibility index (Phi) is 2.90. The molecule has 0 saturated heterocycles. The van der Waals surface area contributed by atoms with Crippen molar-refractivity contribution >= 4 is 17.6 Å². The van der Waals surface area contributed by atoms with Gasteiger partial charge in [0.25, 0.3) is 0 Å². The van der Waals surface area contributed by atoms with Crippen molar-refractivity contribution in [2.45, 2.75) is 13.8 Å². The number of aromatic carboxylic acids is 1. The number of carbonyl (C=O) groups is 1. The van der Waals surface area contributed by atoms with Gasteiger partial charge in [0, 0.05) is 17.4 Å². The largest absolute Gasteiger partial charge is 0.478 e. The van der Waals surface area contributed by atoms with Gasteiger partial charge in [-0.05, 0) is 31.5 Å². The molecule has 0 bridgehead atoms. The number of halogens is 1. The summed E-state index contributed by atoms with van der Waals surface area (Å²) < 4.78 is 1.81. The topological polar surface area (TPSA) is 55.1 Å². The van der Waals surface area contributed by atoms with Gasteiger partial charge in [0.1, 0.15) is 5.82 Å². The first-order chi connectivity index (χ1) is 8.00. The molecule has 0 aliphatic carbocycles. The molecule has 0 atom stereocenters. The summed E-state index contributed by atoms with van der Waals surface area (Å²) in [6.45, 7) is 3.61. The molecule has 5 heteroatoms. The number of nitrogens with zero attached hydrogens (tertiary/aromatic N) is 2. The highest BCUT2D eigenvalue weighted by atomic mass is 35.5. The highest BCUT2D eigenvalue weighted by Gasteiger charge is 2.14. The summed E-state index contributed by atoms with van der Waals surface area (Å²) in [4.78, 5) is 15.2. The third kappa shape index (κ3) is 2.03. The average molecular weight is 251 g/mol. The van der Waals surface area contributed by atoms with Gasteiger partial charge in [-0.25, -0.2) is 9.78 Å². The van der Waals surface area contributed by atoms with Gasteiger partial charge in [-0.1, -0.05) is 11.6 Å². The Balaban J connectivity index is 2.71. The SMILES string of the molecule is Cc1c(C(=O)O)cc(Cl)cc1-n1ccnc1C. The number of benzene rings is 1. The fourth-order valence-electron chi connectivity index (χ4n) is 1.77. The van der Waals surface area contributed by atoms with E-state index in [1.807, 2.05) is 11.5 Å². The second-order valence-corrected chi connectivity index (χ2v) is 4.18. The van der Waals surface area contributed by atoms with Crippen molar-refractivity contribution in [2.24, 2.45) is 0 Å². The number of rotatable bonds is 2. The highest BCUT2D eigenvalue weighted by molar-refractivity contribution is 6.31. The van der Waals surface area contributed by atoms with Crippen molar-refractivity contribution in [3.8, 4) is 5.69 Å². The molecule has 0 aliphatic rings. The predicted molar refractivity (Wildman–Crippen MR) is 65.0 cm³/mol. The van der Waals surface area contributed by atoms with Gasteiger partial charge in [0.15, 0.2) is 0 Å². The molecule has 88 valence electrons. The molecule has 17 heavy (non-hydrogen) atoms. The van der Waals surface area contributed by atoms with Gasteiger partial charge >= 0.3 is 5.97 Å². The van der Waals surface area contributed by atoms with Crippen LogP contribution in [0.5, 0.6) is 0 Å². The number of carboxylic acid groups (broad SMARTS) is 1. The van der Waals surface area contributed by atoms with E-state index in [1.54, 1.807) is 25.4 Å². The fraction of sp³-hybridized carbons (Fsp3) is 0.167. The van der Waals surface area contributed by atoms with E-state index in [2.05, 4.69) is 4.98 Å². The maximum absolute atomic E-state index is 11.1. The first kappa shape index (κ1) is 11.7. The lowest BCUT2D eigenvalue weighted by molar-refractivity contribution is 0.0696. The maximum Gasteiger partial charge on any atom is 0.336 e. The minimum Gasteiger partial charge on any atom is -0.478 e. The van der Waals surface area contributed by atoms with Crippen LogP contribution in [0.4, 0.5) is 0 Å². The van der Waals surface area contributed by atoms with E-state index in [4.69, 9.17) is 16.7 Å². The summed E-state index contributed by atoms with van der Waals surface area (Å²) >= 11 is 5.94. The van der Waals surface area contributed by atoms with Crippen LogP contribution in [0, 0.1) is 13.8 Å². The maximum atomic E-state index is 11.1. The number of hydrogen-bond donors (Lipinski definition) is 1. The Morgan fingerprint density at radius 1 is 1.41 bits per heavy atom. The number of aryl methyl sites for hydroxylation is 1. The van der Waals surface area contributed by atoms with Crippen LogP contribution in [-0.4, -0.2) is 20.6 Å². The van der Waals surface area contributed by atoms with Gasteiger partial charge in [-0.3, -0.25) is 0 Å². The summed E-state index contributed by atoms with van der Waals surface area (Å²) in [5, 5.41) is 9.50. The van der Waals surface area contributed by atoms with Crippen molar-refractivity contribution in [1.82, 2.24) is 9.55 Å². The van der Waals surface area contributed by atoms with Crippen molar-refractivity contribution < 1.29 is 9.90 Å². The first-order valence-electron chi connectivity index (χ1n) is 5.04. The first-order valence-corrected chi connectivity index (χ1v) is 5.42. The third-order valence-electron chi connectivity index (χ3n) is 2.66. The lowest BCUT2D eigenvalue weighted by Gasteiger charge is -2.12. The normalized spacial score (nSPS) is 10.5. The Bertz CT molecular complexity index is 590. The number of carboxylic acids is 1. The summed E-state index contributed by atoms with van der Waals surface area (Å²) in [5.41, 5.74) is 1.62. The second-order valence-electron chi connectivity index (χ2n) is 3.75. The van der Waals surface area contributed by atoms with Gasteiger partial charge in [0.2, 0.25) is 0 Å². The van der Waals surface area contributed by atoms with Crippen LogP contribution in [0.3, 0.4) is 0 Å². The van der Waals surface area contributed by atoms with Crippen LogP contribution < -0.4 is 0 Å². The van der Waals surface area contributed by atoms with Crippen LogP contribution >= 0.6 is 11.6 Å². The molecular weight excluding hydrogens is 240 g/mol. The van der Waals surface area contributed by atoms with Crippen LogP contribution in [-0.2, 0) is 0 Å². The van der Waals surface area contributed by atoms with E-state index in [1.165, 1.54) is 6.07 Å². The van der Waals surface area contributed by atoms with E-state index in [0.717, 1.165) is 11.5 Å². The predicted octanol–water partition coefficient (Wildman–Crippen LogP) is 2.84. The minimum absolute atomic E-state index is 0.209. The lowest BCUT2D eigenvalue weighted by Crippen LogP contribution is -2.05. The Morgan fingerprint density at radius 3 is 2.65 bits per heavy atom. The molecule has 0 radical (unpaired) electrons. The van der Waals surface area contributed by atoms with E-state index in [0.29, 0.717) is 10.6 Å². The Labute approximate surface area is 103 Å². The van der Waals surface area contributed by atoms with Crippen LogP contribution in [0.25, 0.3) is 5.69 Å². The molecule has 0 aliphatic heterocycles. The fourth-order valence-corrected chi connectivity index (χ4v) is 1.98. The molecular formula is C12H11ClN2O2. The summed E-state index contributed by atoms with van der Waals surface area (Å²) in [5.74, 6) is -0.198. The number of aromatic nitrogens is 2. The quantitative estimate of drug-likeness (QED) is 0.892. The van der Waals surface area contributed by atoms with Crippen molar-refractivity contribution in [2.75, 3.05) is 0 Å². The van der Waals surface area contributed by atoms with E-state index < -0.39 is 5.97 Å². The van der Waals surface area contributed by atoms with E-state index in [-0.39, 0.29) is 5.56 Å². The van der Waals surface area contributed by atoms with E-state index >= 15 is 0 Å². The molecule has 2 aromatic rings. The molecule has 1 aromatic heterocycles. The smallest absolute Gasteiger partial charge is 0.336 e. The molecule has 1 aromatic carbocycles. The zero-order valence-electron chi connectivity index (χ0n) is 9.44. The minimum atomic E-state index is -0.982. The zero-order valence-corrected chi connectivity index (χ0v) is 10.2. The number of imidazole rings is 1. The van der Waals surface area contributed by atoms with Gasteiger partial charge in [0.05, 0.1) is 11.3 Å². The molecule has 0 amide bonds. The van der Waals surface area contributed by atoms with Crippen molar-refractivity contribution in [3.05, 3.63) is 46.5 Å². The van der Waals surface area contributed by atoms with Gasteiger partial charge in [-0.15, -0.1) is 0 Å². The summed E-state index contributed by atoms with van der Waals surface area (Å²) in [6, 6.07) is 3.19. The van der Waals surface area contributed by atoms with E-state index in [9.17, 15) is 4.79 Å². The molecule has 0 spiro atoms. The van der Waals surface area contributed by atoms with Gasteiger partial charge in [-0.2, -0.15) is 0 Å². The highest BCUT2D eigenvalue weighted by Crippen LogP contribution is 2.24. The lowest BCUT2D eigenvalue weighted by atomic mass is 10.1. The van der Waals surface area contributed by atoms with Crippen molar-refractivity contribution in [1.29, 1.82) is 0 Å². The zero-order chi connectivity index (χ0) is 12.6. The monoisotopic (exact) mass is 250 g/mol. The molecule has 0 fully saturated rings. The molecule has 4 nitrogen and oxygen atoms in total. The van der Waals surface area contributed by atoms with Crippen LogP contribution in [0.1, 0.15) is 21.7 Å². The van der Waals surface area contributed by atoms with Crippen LogP contribution in [0.15, 0.2) is 24.5 Å². The van der Waals surface area contributed by atoms with Crippen LogP contribution in [0.2, 0.25) is 5.02 Å². The second kappa shape index (κ2) is 4.22. The molecule has 1 heterocycles. The summed E-state index contributed by atoms with van der Waals surface area (Å²) in [6.07, 6.45) is 3.44. The molecule has 0 saturated carbocycles. The molecule has 0 unspecified atom stereocenters. The molecule has 2 rings (SSSR count). The number of hydrogen-bond acceptors (Lipinski definition) is 2. The Hall–Kier alpha value is -1.81. The van der Waals surface area contributed by atoms with Gasteiger partial charge < -0.3 is 9.67 Å². The summed E-state index contributed by atoms with van der Waals surface area (Å²) in [7, 11) is 0. The average Bonchev–Trinajstić information content (AvgIpc) is 2.67. The third-order valence-corrected chi connectivity index (χ3v) is 2.88. The van der Waals surface area contributed by atoms with Crippen molar-refractivity contribution in [3.63, 3.8) is 0 Å². The standard InChI is InChI=1S/C12H11ClN2O2/c1-7-10(12(16)17)5-9(13)6-11(7)15-4-3-14-8(15)2/h3-6H,1-2H3,(H,16,17). The Morgan fingerprint density at radius 2 is 2.12 bits per heavy atom.